The SMILES string of the molecule is C=CC1CC1(C(=O)OCCN(C)C)C(=O)OCCN(C)C. The van der Waals surface area contributed by atoms with Crippen LogP contribution in [0.4, 0.5) is 0 Å². The van der Waals surface area contributed by atoms with Gasteiger partial charge in [-0.05, 0) is 34.6 Å². The molecule has 0 N–H and O–H groups in total. The first-order valence-electron chi connectivity index (χ1n) is 7.11. The summed E-state index contributed by atoms with van der Waals surface area (Å²) in [6.45, 7) is 5.44. The third-order valence-corrected chi connectivity index (χ3v) is 3.57. The fraction of sp³-hybridized carbons (Fsp3) is 0.733. The van der Waals surface area contributed by atoms with Gasteiger partial charge >= 0.3 is 11.9 Å². The molecule has 0 aromatic rings. The zero-order valence-corrected chi connectivity index (χ0v) is 13.4. The fourth-order valence-corrected chi connectivity index (χ4v) is 2.02. The second-order valence-corrected chi connectivity index (χ2v) is 5.90. The molecule has 1 aliphatic rings. The monoisotopic (exact) mass is 298 g/mol. The summed E-state index contributed by atoms with van der Waals surface area (Å²) < 4.78 is 10.4. The van der Waals surface area contributed by atoms with E-state index in [4.69, 9.17) is 9.47 Å². The molecule has 1 aliphatic carbocycles. The third kappa shape index (κ3) is 4.54. The van der Waals surface area contributed by atoms with Gasteiger partial charge in [0, 0.05) is 19.0 Å². The van der Waals surface area contributed by atoms with E-state index in [-0.39, 0.29) is 19.1 Å². The van der Waals surface area contributed by atoms with E-state index >= 15 is 0 Å². The maximum Gasteiger partial charge on any atom is 0.324 e. The maximum atomic E-state index is 12.2. The first-order chi connectivity index (χ1) is 9.84. The van der Waals surface area contributed by atoms with Crippen molar-refractivity contribution in [1.29, 1.82) is 0 Å². The molecular formula is C15H26N2O4. The second kappa shape index (κ2) is 7.56. The lowest BCUT2D eigenvalue weighted by atomic mass is 10.0. The van der Waals surface area contributed by atoms with Crippen LogP contribution in [0.15, 0.2) is 12.7 Å². The van der Waals surface area contributed by atoms with Crippen molar-refractivity contribution in [2.45, 2.75) is 6.42 Å². The minimum Gasteiger partial charge on any atom is -0.463 e. The minimum absolute atomic E-state index is 0.184. The molecule has 0 aliphatic heterocycles. The zero-order chi connectivity index (χ0) is 16.0. The largest absolute Gasteiger partial charge is 0.463 e. The molecule has 6 nitrogen and oxygen atoms in total. The predicted octanol–water partition coefficient (Wildman–Crippen LogP) is 0.388. The number of rotatable bonds is 9. The number of ether oxygens (including phenoxy) is 2. The van der Waals surface area contributed by atoms with Crippen molar-refractivity contribution >= 4 is 11.9 Å². The quantitative estimate of drug-likeness (QED) is 0.349. The molecule has 0 aromatic carbocycles. The van der Waals surface area contributed by atoms with Crippen LogP contribution in [-0.2, 0) is 19.1 Å². The molecule has 0 radical (unpaired) electrons. The number of hydrogen-bond donors (Lipinski definition) is 0. The Bertz CT molecular complexity index is 367. The van der Waals surface area contributed by atoms with E-state index in [0.717, 1.165) is 0 Å². The third-order valence-electron chi connectivity index (χ3n) is 3.57. The molecular weight excluding hydrogens is 272 g/mol. The van der Waals surface area contributed by atoms with Crippen molar-refractivity contribution in [2.75, 3.05) is 54.5 Å². The van der Waals surface area contributed by atoms with E-state index in [1.807, 2.05) is 38.0 Å². The summed E-state index contributed by atoms with van der Waals surface area (Å²) in [5.74, 6) is -1.18. The van der Waals surface area contributed by atoms with Gasteiger partial charge in [0.2, 0.25) is 0 Å². The first kappa shape index (κ1) is 17.7. The number of allylic oxidation sites excluding steroid dienone is 1. The van der Waals surface area contributed by atoms with Crippen molar-refractivity contribution in [2.24, 2.45) is 11.3 Å². The van der Waals surface area contributed by atoms with Crippen molar-refractivity contribution in [1.82, 2.24) is 9.80 Å². The molecule has 0 aromatic heterocycles. The smallest absolute Gasteiger partial charge is 0.324 e. The highest BCUT2D eigenvalue weighted by Gasteiger charge is 2.67. The number of esters is 2. The fourth-order valence-electron chi connectivity index (χ4n) is 2.02. The van der Waals surface area contributed by atoms with E-state index < -0.39 is 17.4 Å². The summed E-state index contributed by atoms with van der Waals surface area (Å²) >= 11 is 0. The summed E-state index contributed by atoms with van der Waals surface area (Å²) in [7, 11) is 7.57. The summed E-state index contributed by atoms with van der Waals surface area (Å²) in [6, 6.07) is 0. The standard InChI is InChI=1S/C15H26N2O4/c1-6-12-11-15(12,13(18)20-9-7-16(2)3)14(19)21-10-8-17(4)5/h6,12H,1,7-11H2,2-5H3. The molecule has 0 bridgehead atoms. The Hall–Kier alpha value is -1.40. The average molecular weight is 298 g/mol. The number of carbonyl (C=O) groups excluding carboxylic acids is 2. The minimum atomic E-state index is -1.17. The maximum absolute atomic E-state index is 12.2. The average Bonchev–Trinajstić information content (AvgIpc) is 3.13. The van der Waals surface area contributed by atoms with Crippen LogP contribution in [0.1, 0.15) is 6.42 Å². The summed E-state index contributed by atoms with van der Waals surface area (Å²) in [4.78, 5) is 28.3. The Morgan fingerprint density at radius 1 is 1.10 bits per heavy atom. The molecule has 0 heterocycles. The van der Waals surface area contributed by atoms with Gasteiger partial charge in [-0.2, -0.15) is 0 Å². The van der Waals surface area contributed by atoms with Gasteiger partial charge in [-0.3, -0.25) is 9.59 Å². The van der Waals surface area contributed by atoms with Gasteiger partial charge in [-0.25, -0.2) is 0 Å². The van der Waals surface area contributed by atoms with E-state index in [1.54, 1.807) is 6.08 Å². The molecule has 1 atom stereocenters. The van der Waals surface area contributed by atoms with Crippen molar-refractivity contribution in [3.8, 4) is 0 Å². The topological polar surface area (TPSA) is 59.1 Å². The van der Waals surface area contributed by atoms with Gasteiger partial charge in [-0.1, -0.05) is 6.08 Å². The van der Waals surface area contributed by atoms with Crippen LogP contribution < -0.4 is 0 Å². The van der Waals surface area contributed by atoms with Crippen molar-refractivity contribution < 1.29 is 19.1 Å². The van der Waals surface area contributed by atoms with E-state index in [2.05, 4.69) is 6.58 Å². The molecule has 6 heteroatoms. The van der Waals surface area contributed by atoms with Crippen LogP contribution in [-0.4, -0.2) is 76.2 Å². The normalized spacial score (nSPS) is 19.4. The molecule has 1 saturated carbocycles. The van der Waals surface area contributed by atoms with Crippen LogP contribution >= 0.6 is 0 Å². The Kier molecular flexibility index (Phi) is 6.36. The summed E-state index contributed by atoms with van der Waals surface area (Å²) in [5, 5.41) is 0. The zero-order valence-electron chi connectivity index (χ0n) is 13.4. The molecule has 21 heavy (non-hydrogen) atoms. The highest BCUT2D eigenvalue weighted by Crippen LogP contribution is 2.55. The lowest BCUT2D eigenvalue weighted by molar-refractivity contribution is -0.165. The van der Waals surface area contributed by atoms with Gasteiger partial charge in [0.25, 0.3) is 0 Å². The van der Waals surface area contributed by atoms with E-state index in [9.17, 15) is 9.59 Å². The van der Waals surface area contributed by atoms with Gasteiger partial charge in [0.05, 0.1) is 0 Å². The van der Waals surface area contributed by atoms with Gasteiger partial charge in [0.1, 0.15) is 13.2 Å². The molecule has 0 amide bonds. The Morgan fingerprint density at radius 2 is 1.52 bits per heavy atom. The van der Waals surface area contributed by atoms with Crippen LogP contribution in [0.2, 0.25) is 0 Å². The number of likely N-dealkylation sites (N-methyl/N-ethyl adjacent to an activating group) is 2. The summed E-state index contributed by atoms with van der Waals surface area (Å²) in [6.07, 6.45) is 2.05. The molecule has 1 rings (SSSR count). The van der Waals surface area contributed by atoms with E-state index in [1.165, 1.54) is 0 Å². The highest BCUT2D eigenvalue weighted by atomic mass is 16.6. The van der Waals surface area contributed by atoms with Gasteiger partial charge in [0.15, 0.2) is 5.41 Å². The Morgan fingerprint density at radius 3 is 1.81 bits per heavy atom. The van der Waals surface area contributed by atoms with Crippen LogP contribution in [0, 0.1) is 11.3 Å². The summed E-state index contributed by atoms with van der Waals surface area (Å²) in [5.41, 5.74) is -1.17. The Balaban J connectivity index is 2.56. The van der Waals surface area contributed by atoms with Crippen LogP contribution in [0.3, 0.4) is 0 Å². The molecule has 1 unspecified atom stereocenters. The van der Waals surface area contributed by atoms with Crippen molar-refractivity contribution in [3.05, 3.63) is 12.7 Å². The van der Waals surface area contributed by atoms with E-state index in [0.29, 0.717) is 19.5 Å². The number of hydrogen-bond acceptors (Lipinski definition) is 6. The molecule has 0 spiro atoms. The van der Waals surface area contributed by atoms with Crippen molar-refractivity contribution in [3.63, 3.8) is 0 Å². The Labute approximate surface area is 126 Å². The first-order valence-corrected chi connectivity index (χ1v) is 7.11. The lowest BCUT2D eigenvalue weighted by Gasteiger charge is -2.17. The highest BCUT2D eigenvalue weighted by molar-refractivity contribution is 6.04. The number of carbonyl (C=O) groups is 2. The predicted molar refractivity (Wildman–Crippen MR) is 79.8 cm³/mol. The van der Waals surface area contributed by atoms with Gasteiger partial charge < -0.3 is 19.3 Å². The van der Waals surface area contributed by atoms with Crippen LogP contribution in [0.25, 0.3) is 0 Å². The second-order valence-electron chi connectivity index (χ2n) is 5.90. The van der Waals surface area contributed by atoms with Gasteiger partial charge in [-0.15, -0.1) is 6.58 Å². The molecule has 1 fully saturated rings. The lowest BCUT2D eigenvalue weighted by Crippen LogP contribution is -2.34. The molecule has 120 valence electrons. The molecule has 0 saturated heterocycles. The number of nitrogens with zero attached hydrogens (tertiary/aromatic N) is 2. The van der Waals surface area contributed by atoms with Crippen LogP contribution in [0.5, 0.6) is 0 Å².